The largest absolute Gasteiger partial charge is 0.478 e. The van der Waals surface area contributed by atoms with Gasteiger partial charge in [-0.05, 0) is 40.5 Å². The quantitative estimate of drug-likeness (QED) is 0.622. The molecule has 0 bridgehead atoms. The highest BCUT2D eigenvalue weighted by Crippen LogP contribution is 2.44. The highest BCUT2D eigenvalue weighted by molar-refractivity contribution is 6.31. The molecular weight excluding hydrogens is 378 g/mol. The summed E-state index contributed by atoms with van der Waals surface area (Å²) in [6.45, 7) is 0.142. The number of fused-ring (bicyclic) bond motifs is 3. The zero-order valence-corrected chi connectivity index (χ0v) is 15.4. The van der Waals surface area contributed by atoms with Crippen LogP contribution in [0.1, 0.15) is 27.4 Å². The molecule has 1 aliphatic rings. The van der Waals surface area contributed by atoms with Crippen molar-refractivity contribution in [3.8, 4) is 11.1 Å². The average molecular weight is 394 g/mol. The van der Waals surface area contributed by atoms with E-state index < -0.39 is 12.1 Å². The molecule has 0 atom stereocenters. The molecule has 0 aromatic heterocycles. The van der Waals surface area contributed by atoms with E-state index in [1.807, 2.05) is 36.4 Å². The van der Waals surface area contributed by atoms with Gasteiger partial charge < -0.3 is 9.84 Å². The Balaban J connectivity index is 1.52. The van der Waals surface area contributed by atoms with Gasteiger partial charge in [0.1, 0.15) is 6.61 Å². The zero-order chi connectivity index (χ0) is 19.7. The third kappa shape index (κ3) is 3.32. The summed E-state index contributed by atoms with van der Waals surface area (Å²) in [6.07, 6.45) is -0.730. The van der Waals surface area contributed by atoms with Gasteiger partial charge in [0, 0.05) is 10.9 Å². The Morgan fingerprint density at radius 1 is 0.964 bits per heavy atom. The minimum atomic E-state index is -1.16. The SMILES string of the molecule is O=C(Nc1cc(Cl)ccc1C(=O)O)OCC1c2ccccc2-c2ccccc21. The summed E-state index contributed by atoms with van der Waals surface area (Å²) in [7, 11) is 0. The van der Waals surface area contributed by atoms with Crippen LogP contribution in [0.25, 0.3) is 11.1 Å². The second-order valence-electron chi connectivity index (χ2n) is 6.45. The number of carbonyl (C=O) groups is 2. The number of nitrogens with one attached hydrogen (secondary N) is 1. The topological polar surface area (TPSA) is 75.6 Å². The molecule has 0 spiro atoms. The molecule has 1 aliphatic carbocycles. The van der Waals surface area contributed by atoms with Crippen LogP contribution in [-0.2, 0) is 4.74 Å². The van der Waals surface area contributed by atoms with Crippen molar-refractivity contribution in [3.05, 3.63) is 88.4 Å². The predicted octanol–water partition coefficient (Wildman–Crippen LogP) is 5.40. The minimum Gasteiger partial charge on any atom is -0.478 e. The van der Waals surface area contributed by atoms with Crippen molar-refractivity contribution >= 4 is 29.4 Å². The van der Waals surface area contributed by atoms with Gasteiger partial charge >= 0.3 is 12.1 Å². The number of carboxylic acid groups (broad SMARTS) is 1. The number of anilines is 1. The Bertz CT molecular complexity index is 1030. The van der Waals surface area contributed by atoms with E-state index in [4.69, 9.17) is 16.3 Å². The molecule has 0 fully saturated rings. The van der Waals surface area contributed by atoms with Gasteiger partial charge in [0.2, 0.25) is 0 Å². The van der Waals surface area contributed by atoms with Gasteiger partial charge in [-0.25, -0.2) is 9.59 Å². The molecule has 0 saturated carbocycles. The number of carbonyl (C=O) groups excluding carboxylic acids is 1. The van der Waals surface area contributed by atoms with Crippen LogP contribution in [0, 0.1) is 0 Å². The Morgan fingerprint density at radius 2 is 1.57 bits per heavy atom. The number of rotatable bonds is 4. The molecule has 140 valence electrons. The summed E-state index contributed by atoms with van der Waals surface area (Å²) < 4.78 is 5.43. The van der Waals surface area contributed by atoms with E-state index in [9.17, 15) is 14.7 Å². The van der Waals surface area contributed by atoms with Crippen LogP contribution in [0.4, 0.5) is 10.5 Å². The van der Waals surface area contributed by atoms with Crippen molar-refractivity contribution in [1.82, 2.24) is 0 Å². The van der Waals surface area contributed by atoms with Crippen LogP contribution in [0.3, 0.4) is 0 Å². The Morgan fingerprint density at radius 3 is 2.18 bits per heavy atom. The van der Waals surface area contributed by atoms with E-state index in [2.05, 4.69) is 17.4 Å². The molecule has 0 aliphatic heterocycles. The molecule has 4 rings (SSSR count). The third-order valence-electron chi connectivity index (χ3n) is 4.79. The molecule has 2 N–H and O–H groups in total. The van der Waals surface area contributed by atoms with Crippen molar-refractivity contribution in [3.63, 3.8) is 0 Å². The van der Waals surface area contributed by atoms with Gasteiger partial charge in [0.25, 0.3) is 0 Å². The highest BCUT2D eigenvalue weighted by atomic mass is 35.5. The van der Waals surface area contributed by atoms with Crippen LogP contribution < -0.4 is 5.32 Å². The smallest absolute Gasteiger partial charge is 0.411 e. The molecule has 3 aromatic rings. The lowest BCUT2D eigenvalue weighted by Crippen LogP contribution is -2.19. The monoisotopic (exact) mass is 393 g/mol. The first-order valence-electron chi connectivity index (χ1n) is 8.69. The van der Waals surface area contributed by atoms with Gasteiger partial charge in [0.15, 0.2) is 0 Å². The number of ether oxygens (including phenoxy) is 1. The zero-order valence-electron chi connectivity index (χ0n) is 14.7. The van der Waals surface area contributed by atoms with Crippen molar-refractivity contribution in [2.24, 2.45) is 0 Å². The van der Waals surface area contributed by atoms with Crippen LogP contribution >= 0.6 is 11.6 Å². The van der Waals surface area contributed by atoms with Crippen LogP contribution in [0.2, 0.25) is 5.02 Å². The van der Waals surface area contributed by atoms with Crippen molar-refractivity contribution in [1.29, 1.82) is 0 Å². The molecule has 6 heteroatoms. The van der Waals surface area contributed by atoms with Crippen LogP contribution in [-0.4, -0.2) is 23.8 Å². The summed E-state index contributed by atoms with van der Waals surface area (Å²) in [5, 5.41) is 12.1. The average Bonchev–Trinajstić information content (AvgIpc) is 3.00. The second-order valence-corrected chi connectivity index (χ2v) is 6.88. The van der Waals surface area contributed by atoms with Gasteiger partial charge in [-0.1, -0.05) is 60.1 Å². The highest BCUT2D eigenvalue weighted by Gasteiger charge is 2.29. The van der Waals surface area contributed by atoms with E-state index in [1.54, 1.807) is 0 Å². The first-order chi connectivity index (χ1) is 13.5. The van der Waals surface area contributed by atoms with Gasteiger partial charge in [-0.2, -0.15) is 0 Å². The number of hydrogen-bond acceptors (Lipinski definition) is 3. The molecule has 28 heavy (non-hydrogen) atoms. The van der Waals surface area contributed by atoms with Crippen molar-refractivity contribution in [2.75, 3.05) is 11.9 Å². The van der Waals surface area contributed by atoms with Crippen molar-refractivity contribution in [2.45, 2.75) is 5.92 Å². The lowest BCUT2D eigenvalue weighted by Gasteiger charge is -2.15. The summed E-state index contributed by atoms with van der Waals surface area (Å²) in [4.78, 5) is 23.6. The van der Waals surface area contributed by atoms with E-state index >= 15 is 0 Å². The molecular formula is C22H16ClNO4. The summed E-state index contributed by atoms with van der Waals surface area (Å²) >= 11 is 5.91. The van der Waals surface area contributed by atoms with Crippen LogP contribution in [0.5, 0.6) is 0 Å². The number of benzene rings is 3. The Kier molecular flexibility index (Phi) is 4.75. The summed E-state index contributed by atoms with van der Waals surface area (Å²) in [6, 6.07) is 20.2. The Labute approximate surface area is 166 Å². The molecule has 0 unspecified atom stereocenters. The molecule has 1 amide bonds. The lowest BCUT2D eigenvalue weighted by molar-refractivity contribution is 0.0698. The third-order valence-corrected chi connectivity index (χ3v) is 5.03. The van der Waals surface area contributed by atoms with Crippen molar-refractivity contribution < 1.29 is 19.4 Å². The fourth-order valence-electron chi connectivity index (χ4n) is 3.55. The maximum absolute atomic E-state index is 12.3. The normalized spacial score (nSPS) is 12.2. The second kappa shape index (κ2) is 7.37. The molecule has 3 aromatic carbocycles. The number of halogens is 1. The van der Waals surface area contributed by atoms with E-state index in [0.717, 1.165) is 22.3 Å². The number of aromatic carboxylic acids is 1. The molecule has 0 heterocycles. The minimum absolute atomic E-state index is 0.0575. The molecule has 0 radical (unpaired) electrons. The van der Waals surface area contributed by atoms with Crippen LogP contribution in [0.15, 0.2) is 66.7 Å². The van der Waals surface area contributed by atoms with E-state index in [-0.39, 0.29) is 23.8 Å². The summed E-state index contributed by atoms with van der Waals surface area (Å²) in [5.74, 6) is -1.23. The van der Waals surface area contributed by atoms with E-state index in [1.165, 1.54) is 18.2 Å². The number of hydrogen-bond donors (Lipinski definition) is 2. The number of amides is 1. The lowest BCUT2D eigenvalue weighted by atomic mass is 9.98. The van der Waals surface area contributed by atoms with Gasteiger partial charge in [0.05, 0.1) is 11.3 Å². The summed E-state index contributed by atoms with van der Waals surface area (Å²) in [5.41, 5.74) is 4.51. The number of carboxylic acids is 1. The van der Waals surface area contributed by atoms with Gasteiger partial charge in [-0.3, -0.25) is 5.32 Å². The maximum Gasteiger partial charge on any atom is 0.411 e. The first-order valence-corrected chi connectivity index (χ1v) is 9.07. The predicted molar refractivity (Wildman–Crippen MR) is 107 cm³/mol. The molecule has 5 nitrogen and oxygen atoms in total. The standard InChI is InChI=1S/C22H16ClNO4/c23-13-9-10-18(21(25)26)20(11-13)24-22(27)28-12-19-16-7-3-1-5-14(16)15-6-2-4-8-17(15)19/h1-11,19H,12H2,(H,24,27)(H,25,26). The Hall–Kier alpha value is -3.31. The first kappa shape index (κ1) is 18.1. The fraction of sp³-hybridized carbons (Fsp3) is 0.0909. The maximum atomic E-state index is 12.3. The fourth-order valence-corrected chi connectivity index (χ4v) is 3.72. The van der Waals surface area contributed by atoms with E-state index in [0.29, 0.717) is 5.02 Å². The van der Waals surface area contributed by atoms with Gasteiger partial charge in [-0.15, -0.1) is 0 Å². The molecule has 0 saturated heterocycles.